The zero-order valence-corrected chi connectivity index (χ0v) is 16.7. The summed E-state index contributed by atoms with van der Waals surface area (Å²) < 4.78 is 11.4. The summed E-state index contributed by atoms with van der Waals surface area (Å²) >= 11 is 1.64. The number of carbonyl (C=O) groups is 1. The minimum Gasteiger partial charge on any atom is -0.493 e. The van der Waals surface area contributed by atoms with Gasteiger partial charge in [0, 0.05) is 21.4 Å². The van der Waals surface area contributed by atoms with Crippen molar-refractivity contribution in [3.63, 3.8) is 0 Å². The molecule has 0 saturated carbocycles. The minimum absolute atomic E-state index is 0.135. The topological polar surface area (TPSA) is 59.7 Å². The van der Waals surface area contributed by atoms with Gasteiger partial charge < -0.3 is 14.3 Å². The largest absolute Gasteiger partial charge is 0.493 e. The number of rotatable bonds is 5. The molecule has 5 heteroatoms. The summed E-state index contributed by atoms with van der Waals surface area (Å²) in [5.41, 5.74) is 2.33. The van der Waals surface area contributed by atoms with E-state index in [-0.39, 0.29) is 11.8 Å². The molecule has 1 aromatic carbocycles. The normalized spacial score (nSPS) is 14.6. The smallest absolute Gasteiger partial charge is 0.311 e. The summed E-state index contributed by atoms with van der Waals surface area (Å²) in [4.78, 5) is 11.9. The van der Waals surface area contributed by atoms with E-state index in [4.69, 9.17) is 14.3 Å². The third-order valence-corrected chi connectivity index (χ3v) is 6.15. The molecule has 0 saturated heterocycles. The number of hydrogen-bond acceptors (Lipinski definition) is 4. The van der Waals surface area contributed by atoms with Gasteiger partial charge in [-0.2, -0.15) is 0 Å². The Morgan fingerprint density at radius 2 is 2.04 bits per heavy atom. The summed E-state index contributed by atoms with van der Waals surface area (Å²) in [5, 5.41) is 8.85. The minimum atomic E-state index is -0.918. The van der Waals surface area contributed by atoms with E-state index < -0.39 is 5.97 Å². The molecule has 0 aliphatic carbocycles. The zero-order valence-electron chi connectivity index (χ0n) is 15.9. The second-order valence-corrected chi connectivity index (χ2v) is 7.57. The molecule has 2 aromatic rings. The third kappa shape index (κ3) is 4.01. The molecule has 0 spiro atoms. The quantitative estimate of drug-likeness (QED) is 0.589. The molecule has 4 nitrogen and oxygen atoms in total. The first kappa shape index (κ1) is 19.4. The molecule has 0 radical (unpaired) electrons. The van der Waals surface area contributed by atoms with Crippen molar-refractivity contribution in [2.45, 2.75) is 49.8 Å². The van der Waals surface area contributed by atoms with Crippen LogP contribution >= 0.6 is 11.8 Å². The second kappa shape index (κ2) is 8.14. The van der Waals surface area contributed by atoms with E-state index in [1.165, 1.54) is 5.56 Å². The number of benzene rings is 1. The van der Waals surface area contributed by atoms with E-state index in [2.05, 4.69) is 37.8 Å². The first-order chi connectivity index (χ1) is 13.0. The number of fused-ring (bicyclic) bond motifs is 1. The van der Waals surface area contributed by atoms with Crippen molar-refractivity contribution in [1.82, 2.24) is 0 Å². The van der Waals surface area contributed by atoms with Crippen LogP contribution in [0.3, 0.4) is 0 Å². The predicted octanol–water partition coefficient (Wildman–Crippen LogP) is 4.87. The van der Waals surface area contributed by atoms with Gasteiger partial charge in [-0.05, 0) is 55.7 Å². The molecule has 0 atom stereocenters. The highest BCUT2D eigenvalue weighted by Crippen LogP contribution is 2.45. The Morgan fingerprint density at radius 1 is 1.26 bits per heavy atom. The molecular weight excluding hydrogens is 360 g/mol. The Kier molecular flexibility index (Phi) is 5.86. The first-order valence-corrected chi connectivity index (χ1v) is 10.4. The number of aliphatic carboxylic acids is 1. The van der Waals surface area contributed by atoms with Gasteiger partial charge in [-0.15, -0.1) is 11.8 Å². The van der Waals surface area contributed by atoms with Crippen molar-refractivity contribution < 1.29 is 19.1 Å². The van der Waals surface area contributed by atoms with Gasteiger partial charge in [0.2, 0.25) is 0 Å². The molecule has 142 valence electrons. The summed E-state index contributed by atoms with van der Waals surface area (Å²) in [6.45, 7) is 5.23. The van der Waals surface area contributed by atoms with Gasteiger partial charge in [-0.3, -0.25) is 4.79 Å². The highest BCUT2D eigenvalue weighted by molar-refractivity contribution is 7.98. The van der Waals surface area contributed by atoms with Gasteiger partial charge in [0.15, 0.2) is 5.76 Å². The van der Waals surface area contributed by atoms with Gasteiger partial charge in [0.1, 0.15) is 17.9 Å². The summed E-state index contributed by atoms with van der Waals surface area (Å²) in [5.74, 6) is 7.19. The van der Waals surface area contributed by atoms with E-state index >= 15 is 0 Å². The summed E-state index contributed by atoms with van der Waals surface area (Å²) in [6.07, 6.45) is 5.06. The van der Waals surface area contributed by atoms with E-state index in [1.807, 2.05) is 6.26 Å². The van der Waals surface area contributed by atoms with E-state index in [0.717, 1.165) is 42.1 Å². The van der Waals surface area contributed by atoms with Crippen LogP contribution in [0, 0.1) is 11.8 Å². The van der Waals surface area contributed by atoms with Crippen LogP contribution in [-0.2, 0) is 16.6 Å². The van der Waals surface area contributed by atoms with Crippen molar-refractivity contribution in [2.75, 3.05) is 12.9 Å². The van der Waals surface area contributed by atoms with Crippen LogP contribution in [0.5, 0.6) is 5.75 Å². The van der Waals surface area contributed by atoms with Crippen LogP contribution in [-0.4, -0.2) is 23.9 Å². The molecule has 3 rings (SSSR count). The Balaban J connectivity index is 1.99. The van der Waals surface area contributed by atoms with Crippen LogP contribution in [0.25, 0.3) is 0 Å². The summed E-state index contributed by atoms with van der Waals surface area (Å²) in [6, 6.07) is 7.64. The van der Waals surface area contributed by atoms with Gasteiger partial charge in [-0.1, -0.05) is 19.8 Å². The molecular formula is C22H24O4S. The van der Waals surface area contributed by atoms with Crippen LogP contribution in [0.15, 0.2) is 33.6 Å². The lowest BCUT2D eigenvalue weighted by molar-refractivity contribution is -0.136. The number of ether oxygens (including phenoxy) is 1. The van der Waals surface area contributed by atoms with Gasteiger partial charge in [0.05, 0.1) is 6.61 Å². The summed E-state index contributed by atoms with van der Waals surface area (Å²) in [7, 11) is 0. The van der Waals surface area contributed by atoms with Crippen LogP contribution in [0.4, 0.5) is 0 Å². The Morgan fingerprint density at radius 3 is 2.70 bits per heavy atom. The molecule has 1 aliphatic heterocycles. The van der Waals surface area contributed by atoms with E-state index in [9.17, 15) is 4.79 Å². The lowest BCUT2D eigenvalue weighted by atomic mass is 9.71. The third-order valence-electron chi connectivity index (χ3n) is 5.37. The standard InChI is InChI=1S/C22H24O4S/c1-4-22(5-2)10-11-25-19-14-20(27-3)15(12-18(19)22)6-7-16-8-9-17(26-16)13-21(23)24/h8-9,12,14H,4-5,10-11,13H2,1-3H3,(H,23,24). The van der Waals surface area contributed by atoms with Crippen molar-refractivity contribution in [2.24, 2.45) is 0 Å². The second-order valence-electron chi connectivity index (χ2n) is 6.72. The number of hydrogen-bond donors (Lipinski definition) is 1. The fourth-order valence-corrected chi connectivity index (χ4v) is 4.21. The fourth-order valence-electron chi connectivity index (χ4n) is 3.66. The first-order valence-electron chi connectivity index (χ1n) is 9.19. The fraction of sp³-hybridized carbons (Fsp3) is 0.409. The van der Waals surface area contributed by atoms with E-state index in [1.54, 1.807) is 23.9 Å². The molecule has 0 unspecified atom stereocenters. The molecule has 27 heavy (non-hydrogen) atoms. The molecule has 0 amide bonds. The Hall–Kier alpha value is -2.32. The number of furan rings is 1. The SMILES string of the molecule is CCC1(CC)CCOc2cc(SC)c(C#Cc3ccc(CC(=O)O)o3)cc21. The maximum absolute atomic E-state index is 10.8. The Bertz CT molecular complexity index is 897. The highest BCUT2D eigenvalue weighted by Gasteiger charge is 2.35. The maximum Gasteiger partial charge on any atom is 0.311 e. The number of carboxylic acids is 1. The van der Waals surface area contributed by atoms with Gasteiger partial charge >= 0.3 is 5.97 Å². The molecule has 1 aromatic heterocycles. The molecule has 2 heterocycles. The molecule has 0 bridgehead atoms. The Labute approximate surface area is 164 Å². The van der Waals surface area contributed by atoms with Crippen molar-refractivity contribution >= 4 is 17.7 Å². The average Bonchev–Trinajstić information content (AvgIpc) is 3.11. The highest BCUT2D eigenvalue weighted by atomic mass is 32.2. The van der Waals surface area contributed by atoms with Crippen molar-refractivity contribution in [3.8, 4) is 17.6 Å². The average molecular weight is 384 g/mol. The van der Waals surface area contributed by atoms with Crippen LogP contribution in [0.2, 0.25) is 0 Å². The van der Waals surface area contributed by atoms with Gasteiger partial charge in [-0.25, -0.2) is 0 Å². The monoisotopic (exact) mass is 384 g/mol. The molecule has 1 aliphatic rings. The van der Waals surface area contributed by atoms with Gasteiger partial charge in [0.25, 0.3) is 0 Å². The lowest BCUT2D eigenvalue weighted by Crippen LogP contribution is -2.31. The van der Waals surface area contributed by atoms with E-state index in [0.29, 0.717) is 11.5 Å². The number of thioether (sulfide) groups is 1. The van der Waals surface area contributed by atoms with Crippen molar-refractivity contribution in [3.05, 3.63) is 46.9 Å². The van der Waals surface area contributed by atoms with Crippen LogP contribution < -0.4 is 4.74 Å². The number of carboxylic acid groups (broad SMARTS) is 1. The van der Waals surface area contributed by atoms with Crippen LogP contribution in [0.1, 0.15) is 55.8 Å². The predicted molar refractivity (Wildman–Crippen MR) is 107 cm³/mol. The van der Waals surface area contributed by atoms with Crippen molar-refractivity contribution in [1.29, 1.82) is 0 Å². The molecule has 1 N–H and O–H groups in total. The zero-order chi connectivity index (χ0) is 19.4. The molecule has 0 fully saturated rings. The lowest BCUT2D eigenvalue weighted by Gasteiger charge is -2.38. The maximum atomic E-state index is 10.8.